The molecule has 0 N–H and O–H groups in total. The molecule has 0 saturated carbocycles. The average molecular weight is 233 g/mol. The zero-order valence-corrected chi connectivity index (χ0v) is 10.4. The lowest BCUT2D eigenvalue weighted by Crippen LogP contribution is -2.45. The monoisotopic (exact) mass is 233 g/mol. The molecule has 1 rings (SSSR count). The molecule has 0 aromatic heterocycles. The zero-order chi connectivity index (χ0) is 11.6. The van der Waals surface area contributed by atoms with Gasteiger partial charge in [0.05, 0.1) is 0 Å². The first-order valence-corrected chi connectivity index (χ1v) is 7.25. The van der Waals surface area contributed by atoms with Gasteiger partial charge in [-0.1, -0.05) is 6.92 Å². The van der Waals surface area contributed by atoms with Crippen LogP contribution >= 0.6 is 0 Å². The Morgan fingerprint density at radius 2 is 2.07 bits per heavy atom. The van der Waals surface area contributed by atoms with Crippen LogP contribution in [0.1, 0.15) is 26.7 Å². The maximum atomic E-state index is 11.8. The van der Waals surface area contributed by atoms with Gasteiger partial charge in [-0.3, -0.25) is 4.79 Å². The van der Waals surface area contributed by atoms with Crippen molar-refractivity contribution in [3.63, 3.8) is 0 Å². The Labute approximate surface area is 91.6 Å². The summed E-state index contributed by atoms with van der Waals surface area (Å²) >= 11 is 0. The predicted molar refractivity (Wildman–Crippen MR) is 59.3 cm³/mol. The number of likely N-dealkylation sites (tertiary alicyclic amines) is 1. The fraction of sp³-hybridized carbons (Fsp3) is 0.900. The number of piperidine rings is 1. The van der Waals surface area contributed by atoms with Gasteiger partial charge in [-0.2, -0.15) is 0 Å². The lowest BCUT2D eigenvalue weighted by molar-refractivity contribution is -0.132. The van der Waals surface area contributed by atoms with Gasteiger partial charge in [0, 0.05) is 19.3 Å². The molecule has 0 aromatic carbocycles. The van der Waals surface area contributed by atoms with Crippen molar-refractivity contribution in [2.45, 2.75) is 31.9 Å². The lowest BCUT2D eigenvalue weighted by Gasteiger charge is -2.32. The van der Waals surface area contributed by atoms with Crippen LogP contribution < -0.4 is 0 Å². The Kier molecular flexibility index (Phi) is 3.76. The molecule has 5 heteroatoms. The molecule has 2 atom stereocenters. The van der Waals surface area contributed by atoms with Crippen molar-refractivity contribution in [2.24, 2.45) is 5.92 Å². The van der Waals surface area contributed by atoms with Crippen LogP contribution in [0.2, 0.25) is 0 Å². The summed E-state index contributed by atoms with van der Waals surface area (Å²) in [5, 5.41) is -0.900. The Balaban J connectivity index is 2.68. The number of nitrogens with zero attached hydrogens (tertiary/aromatic N) is 1. The van der Waals surface area contributed by atoms with Crippen LogP contribution in [0.3, 0.4) is 0 Å². The van der Waals surface area contributed by atoms with Gasteiger partial charge in [0.25, 0.3) is 0 Å². The molecule has 1 aliphatic heterocycles. The van der Waals surface area contributed by atoms with E-state index in [1.54, 1.807) is 4.90 Å². The molecule has 0 bridgehead atoms. The van der Waals surface area contributed by atoms with E-state index in [-0.39, 0.29) is 5.91 Å². The molecular formula is C10H19NO3S. The quantitative estimate of drug-likeness (QED) is 0.704. The lowest BCUT2D eigenvalue weighted by atomic mass is 10.0. The second-order valence-corrected chi connectivity index (χ2v) is 6.87. The fourth-order valence-corrected chi connectivity index (χ4v) is 2.35. The summed E-state index contributed by atoms with van der Waals surface area (Å²) in [5.41, 5.74) is 0. The van der Waals surface area contributed by atoms with Gasteiger partial charge in [-0.05, 0) is 25.7 Å². The van der Waals surface area contributed by atoms with E-state index in [4.69, 9.17) is 0 Å². The number of carbonyl (C=O) groups is 1. The molecule has 0 radical (unpaired) electrons. The van der Waals surface area contributed by atoms with Crippen molar-refractivity contribution in [1.82, 2.24) is 4.90 Å². The topological polar surface area (TPSA) is 54.5 Å². The third-order valence-electron chi connectivity index (χ3n) is 2.96. The highest BCUT2D eigenvalue weighted by atomic mass is 32.2. The van der Waals surface area contributed by atoms with Crippen LogP contribution in [0.25, 0.3) is 0 Å². The van der Waals surface area contributed by atoms with Crippen molar-refractivity contribution in [2.75, 3.05) is 19.3 Å². The van der Waals surface area contributed by atoms with Crippen LogP contribution in [-0.4, -0.2) is 43.8 Å². The third kappa shape index (κ3) is 3.19. The SMILES string of the molecule is C[C@@H]1CCCN(C(=O)[C@H](C)S(C)(=O)=O)C1. The van der Waals surface area contributed by atoms with Crippen LogP contribution in [-0.2, 0) is 14.6 Å². The van der Waals surface area contributed by atoms with E-state index in [0.29, 0.717) is 19.0 Å². The van der Waals surface area contributed by atoms with Gasteiger partial charge >= 0.3 is 0 Å². The summed E-state index contributed by atoms with van der Waals surface area (Å²) in [4.78, 5) is 13.5. The van der Waals surface area contributed by atoms with Crippen LogP contribution in [0.4, 0.5) is 0 Å². The molecule has 1 fully saturated rings. The maximum absolute atomic E-state index is 11.8. The summed E-state index contributed by atoms with van der Waals surface area (Å²) in [6.45, 7) is 4.95. The van der Waals surface area contributed by atoms with Gasteiger partial charge in [0.1, 0.15) is 5.25 Å². The van der Waals surface area contributed by atoms with Gasteiger partial charge in [-0.25, -0.2) is 8.42 Å². The number of rotatable bonds is 2. The number of hydrogen-bond acceptors (Lipinski definition) is 3. The van der Waals surface area contributed by atoms with Crippen LogP contribution in [0, 0.1) is 5.92 Å². The Hall–Kier alpha value is -0.580. The summed E-state index contributed by atoms with van der Waals surface area (Å²) in [5.74, 6) is 0.235. The van der Waals surface area contributed by atoms with Crippen LogP contribution in [0.5, 0.6) is 0 Å². The summed E-state index contributed by atoms with van der Waals surface area (Å²) in [6.07, 6.45) is 3.21. The second kappa shape index (κ2) is 4.51. The van der Waals surface area contributed by atoms with Crippen molar-refractivity contribution in [3.05, 3.63) is 0 Å². The van der Waals surface area contributed by atoms with Gasteiger partial charge < -0.3 is 4.90 Å². The first kappa shape index (κ1) is 12.5. The first-order valence-electron chi connectivity index (χ1n) is 5.30. The van der Waals surface area contributed by atoms with Crippen molar-refractivity contribution in [1.29, 1.82) is 0 Å². The maximum Gasteiger partial charge on any atom is 0.240 e. The highest BCUT2D eigenvalue weighted by Crippen LogP contribution is 2.17. The van der Waals surface area contributed by atoms with E-state index in [9.17, 15) is 13.2 Å². The highest BCUT2D eigenvalue weighted by Gasteiger charge is 2.30. The molecule has 0 aromatic rings. The van der Waals surface area contributed by atoms with E-state index in [1.165, 1.54) is 6.92 Å². The Morgan fingerprint density at radius 3 is 2.53 bits per heavy atom. The Bertz CT molecular complexity index is 337. The minimum absolute atomic E-state index is 0.246. The predicted octanol–water partition coefficient (Wildman–Crippen LogP) is 0.678. The normalized spacial score (nSPS) is 25.0. The fourth-order valence-electron chi connectivity index (χ4n) is 1.83. The molecule has 4 nitrogen and oxygen atoms in total. The second-order valence-electron chi connectivity index (χ2n) is 4.50. The summed E-state index contributed by atoms with van der Waals surface area (Å²) in [6, 6.07) is 0. The van der Waals surface area contributed by atoms with Gasteiger partial charge in [0.2, 0.25) is 5.91 Å². The van der Waals surface area contributed by atoms with E-state index >= 15 is 0 Å². The standard InChI is InChI=1S/C10H19NO3S/c1-8-5-4-6-11(7-8)10(12)9(2)15(3,13)14/h8-9H,4-7H2,1-3H3/t8-,9+/m1/s1. The average Bonchev–Trinajstić information content (AvgIpc) is 2.14. The molecular weight excluding hydrogens is 214 g/mol. The van der Waals surface area contributed by atoms with E-state index in [2.05, 4.69) is 6.92 Å². The van der Waals surface area contributed by atoms with Gasteiger partial charge in [-0.15, -0.1) is 0 Å². The first-order chi connectivity index (χ1) is 6.82. The largest absolute Gasteiger partial charge is 0.341 e. The zero-order valence-electron chi connectivity index (χ0n) is 9.56. The molecule has 0 aliphatic carbocycles. The molecule has 15 heavy (non-hydrogen) atoms. The Morgan fingerprint density at radius 1 is 1.47 bits per heavy atom. The summed E-state index contributed by atoms with van der Waals surface area (Å²) in [7, 11) is -3.26. The molecule has 1 aliphatic rings. The highest BCUT2D eigenvalue weighted by molar-refractivity contribution is 7.92. The molecule has 1 heterocycles. The minimum atomic E-state index is -3.26. The van der Waals surface area contributed by atoms with Crippen molar-refractivity contribution in [3.8, 4) is 0 Å². The van der Waals surface area contributed by atoms with E-state index < -0.39 is 15.1 Å². The van der Waals surface area contributed by atoms with Crippen molar-refractivity contribution < 1.29 is 13.2 Å². The number of sulfone groups is 1. The smallest absolute Gasteiger partial charge is 0.240 e. The molecule has 88 valence electrons. The van der Waals surface area contributed by atoms with E-state index in [0.717, 1.165) is 19.1 Å². The van der Waals surface area contributed by atoms with Crippen molar-refractivity contribution >= 4 is 15.7 Å². The third-order valence-corrected chi connectivity index (χ3v) is 4.44. The number of amides is 1. The van der Waals surface area contributed by atoms with Gasteiger partial charge in [0.15, 0.2) is 9.84 Å². The number of hydrogen-bond donors (Lipinski definition) is 0. The molecule has 0 unspecified atom stereocenters. The summed E-state index contributed by atoms with van der Waals surface area (Å²) < 4.78 is 22.5. The molecule has 0 spiro atoms. The minimum Gasteiger partial charge on any atom is -0.341 e. The van der Waals surface area contributed by atoms with E-state index in [1.807, 2.05) is 0 Å². The number of carbonyl (C=O) groups excluding carboxylic acids is 1. The molecule has 1 amide bonds. The molecule has 1 saturated heterocycles. The van der Waals surface area contributed by atoms with Crippen LogP contribution in [0.15, 0.2) is 0 Å².